The van der Waals surface area contributed by atoms with Crippen LogP contribution in [0.5, 0.6) is 0 Å². The van der Waals surface area contributed by atoms with E-state index in [0.717, 1.165) is 61.4 Å². The molecule has 3 heterocycles. The van der Waals surface area contributed by atoms with Crippen LogP contribution in [0.25, 0.3) is 11.4 Å². The number of anilines is 1. The average Bonchev–Trinajstić information content (AvgIpc) is 3.48. The first-order chi connectivity index (χ1) is 19.0. The Morgan fingerprint density at radius 1 is 1.15 bits per heavy atom. The van der Waals surface area contributed by atoms with Crippen molar-refractivity contribution in [2.75, 3.05) is 31.6 Å². The first-order valence-electron chi connectivity index (χ1n) is 13.7. The average molecular weight is 528 g/mol. The fraction of sp³-hybridized carbons (Fsp3) is 0.400. The number of benzene rings is 1. The van der Waals surface area contributed by atoms with Crippen LogP contribution in [-0.2, 0) is 10.3 Å². The van der Waals surface area contributed by atoms with E-state index in [-0.39, 0.29) is 12.0 Å². The maximum absolute atomic E-state index is 13.2. The second kappa shape index (κ2) is 12.4. The van der Waals surface area contributed by atoms with E-state index in [4.69, 9.17) is 9.72 Å². The molecule has 1 aliphatic carbocycles. The van der Waals surface area contributed by atoms with Gasteiger partial charge in [0, 0.05) is 35.8 Å². The van der Waals surface area contributed by atoms with Gasteiger partial charge >= 0.3 is 0 Å². The zero-order chi connectivity index (χ0) is 27.1. The number of hydrogen-bond acceptors (Lipinski definition) is 7. The van der Waals surface area contributed by atoms with Gasteiger partial charge in [-0.2, -0.15) is 5.10 Å². The molecule has 0 atom stereocenters. The number of allylic oxidation sites excluding steroid dienone is 1. The predicted octanol–water partition coefficient (Wildman–Crippen LogP) is 4.36. The summed E-state index contributed by atoms with van der Waals surface area (Å²) in [5.41, 5.74) is 4.37. The molecule has 204 valence electrons. The summed E-state index contributed by atoms with van der Waals surface area (Å²) in [6.45, 7) is 6.86. The number of carbonyl (C=O) groups excluding carboxylic acids is 1. The summed E-state index contributed by atoms with van der Waals surface area (Å²) in [7, 11) is 0. The number of ether oxygens (including phenoxy) is 1. The van der Waals surface area contributed by atoms with E-state index in [1.54, 1.807) is 12.4 Å². The minimum absolute atomic E-state index is 0.0937. The van der Waals surface area contributed by atoms with Gasteiger partial charge in [0.15, 0.2) is 11.6 Å². The molecule has 3 aromatic rings. The van der Waals surface area contributed by atoms with Gasteiger partial charge in [0.2, 0.25) is 0 Å². The Morgan fingerprint density at radius 2 is 1.97 bits per heavy atom. The SMILES string of the molecule is CC(C)OCC1=C(CNC(=O)c2cccc(NC3(c4nc(-c5ccncc5)n[nH]4)CCNCC3)c2)CCC=C1. The number of H-pyrrole nitrogens is 1. The predicted molar refractivity (Wildman–Crippen MR) is 152 cm³/mol. The molecule has 9 nitrogen and oxygen atoms in total. The summed E-state index contributed by atoms with van der Waals surface area (Å²) >= 11 is 0. The van der Waals surface area contributed by atoms with Gasteiger partial charge in [0.25, 0.3) is 5.91 Å². The number of aromatic amines is 1. The van der Waals surface area contributed by atoms with Gasteiger partial charge in [-0.05, 0) is 94.1 Å². The molecule has 0 radical (unpaired) electrons. The van der Waals surface area contributed by atoms with Crippen LogP contribution in [-0.4, -0.2) is 58.4 Å². The van der Waals surface area contributed by atoms with Crippen LogP contribution in [0.2, 0.25) is 0 Å². The van der Waals surface area contributed by atoms with Crippen LogP contribution >= 0.6 is 0 Å². The minimum Gasteiger partial charge on any atom is -0.374 e. The van der Waals surface area contributed by atoms with Crippen LogP contribution in [0.1, 0.15) is 55.7 Å². The molecule has 4 N–H and O–H groups in total. The molecule has 5 rings (SSSR count). The normalized spacial score (nSPS) is 16.9. The quantitative estimate of drug-likeness (QED) is 0.310. The lowest BCUT2D eigenvalue weighted by molar-refractivity contribution is 0.0948. The zero-order valence-electron chi connectivity index (χ0n) is 22.7. The van der Waals surface area contributed by atoms with Gasteiger partial charge in [0.05, 0.1) is 18.2 Å². The Labute approximate surface area is 229 Å². The molecule has 0 saturated carbocycles. The van der Waals surface area contributed by atoms with E-state index < -0.39 is 5.54 Å². The highest BCUT2D eigenvalue weighted by molar-refractivity contribution is 5.95. The van der Waals surface area contributed by atoms with Crippen LogP contribution in [0.15, 0.2) is 72.1 Å². The third-order valence-electron chi connectivity index (χ3n) is 7.26. The first kappa shape index (κ1) is 26.8. The van der Waals surface area contributed by atoms with Gasteiger partial charge in [0.1, 0.15) is 0 Å². The van der Waals surface area contributed by atoms with Crippen molar-refractivity contribution in [3.05, 3.63) is 83.5 Å². The monoisotopic (exact) mass is 527 g/mol. The number of piperidine rings is 1. The summed E-state index contributed by atoms with van der Waals surface area (Å²) in [6.07, 6.45) is 11.5. The number of carbonyl (C=O) groups is 1. The largest absolute Gasteiger partial charge is 0.374 e. The highest BCUT2D eigenvalue weighted by Crippen LogP contribution is 2.34. The number of amides is 1. The number of rotatable bonds is 10. The van der Waals surface area contributed by atoms with Gasteiger partial charge in [-0.3, -0.25) is 14.9 Å². The highest BCUT2D eigenvalue weighted by Gasteiger charge is 2.37. The van der Waals surface area contributed by atoms with Crippen molar-refractivity contribution in [3.8, 4) is 11.4 Å². The molecule has 0 spiro atoms. The van der Waals surface area contributed by atoms with Crippen LogP contribution in [0.4, 0.5) is 5.69 Å². The fourth-order valence-corrected chi connectivity index (χ4v) is 5.05. The zero-order valence-corrected chi connectivity index (χ0v) is 22.7. The Balaban J connectivity index is 1.30. The summed E-state index contributed by atoms with van der Waals surface area (Å²) < 4.78 is 5.81. The molecule has 2 aromatic heterocycles. The number of aromatic nitrogens is 4. The van der Waals surface area contributed by atoms with Crippen molar-refractivity contribution in [1.29, 1.82) is 0 Å². The second-order valence-corrected chi connectivity index (χ2v) is 10.4. The van der Waals surface area contributed by atoms with E-state index >= 15 is 0 Å². The molecule has 1 aromatic carbocycles. The van der Waals surface area contributed by atoms with E-state index in [1.807, 2.05) is 50.2 Å². The highest BCUT2D eigenvalue weighted by atomic mass is 16.5. The Kier molecular flexibility index (Phi) is 8.48. The summed E-state index contributed by atoms with van der Waals surface area (Å²) in [6, 6.07) is 11.5. The van der Waals surface area contributed by atoms with Crippen molar-refractivity contribution in [2.45, 2.75) is 51.2 Å². The molecule has 0 unspecified atom stereocenters. The lowest BCUT2D eigenvalue weighted by Crippen LogP contribution is -2.46. The van der Waals surface area contributed by atoms with E-state index in [9.17, 15) is 4.79 Å². The fourth-order valence-electron chi connectivity index (χ4n) is 5.05. The van der Waals surface area contributed by atoms with Crippen molar-refractivity contribution in [3.63, 3.8) is 0 Å². The number of pyridine rings is 1. The standard InChI is InChI=1S/C30H37N7O2/c1-21(2)39-20-25-7-4-3-6-24(25)19-33-28(38)23-8-5-9-26(18-23)35-30(12-16-32-17-13-30)29-34-27(36-37-29)22-10-14-31-15-11-22/h4-5,7-11,14-15,18,21,32,35H,3,6,12-13,16-17,19-20H2,1-2H3,(H,33,38)(H,34,36,37). The van der Waals surface area contributed by atoms with Gasteiger partial charge in [-0.15, -0.1) is 0 Å². The maximum atomic E-state index is 13.2. The maximum Gasteiger partial charge on any atom is 0.251 e. The Bertz CT molecular complexity index is 1320. The van der Waals surface area contributed by atoms with Gasteiger partial charge in [-0.25, -0.2) is 4.98 Å². The number of hydrogen-bond donors (Lipinski definition) is 4. The molecule has 2 aliphatic rings. The van der Waals surface area contributed by atoms with Crippen molar-refractivity contribution in [1.82, 2.24) is 30.8 Å². The molecule has 1 amide bonds. The Morgan fingerprint density at radius 3 is 2.77 bits per heavy atom. The second-order valence-electron chi connectivity index (χ2n) is 10.4. The Hall–Kier alpha value is -3.82. The summed E-state index contributed by atoms with van der Waals surface area (Å²) in [5, 5.41) is 17.9. The third-order valence-corrected chi connectivity index (χ3v) is 7.26. The van der Waals surface area contributed by atoms with Crippen molar-refractivity contribution < 1.29 is 9.53 Å². The van der Waals surface area contributed by atoms with Crippen LogP contribution in [0, 0.1) is 0 Å². The lowest BCUT2D eigenvalue weighted by Gasteiger charge is -2.37. The molecule has 39 heavy (non-hydrogen) atoms. The number of nitrogens with one attached hydrogen (secondary N) is 4. The smallest absolute Gasteiger partial charge is 0.251 e. The molecule has 9 heteroatoms. The van der Waals surface area contributed by atoms with Crippen molar-refractivity contribution in [2.24, 2.45) is 0 Å². The molecular formula is C30H37N7O2. The first-order valence-corrected chi connectivity index (χ1v) is 13.7. The topological polar surface area (TPSA) is 117 Å². The van der Waals surface area contributed by atoms with Crippen LogP contribution in [0.3, 0.4) is 0 Å². The molecule has 1 aliphatic heterocycles. The third kappa shape index (κ3) is 6.61. The van der Waals surface area contributed by atoms with E-state index in [1.165, 1.54) is 5.57 Å². The lowest BCUT2D eigenvalue weighted by atomic mass is 9.87. The molecule has 1 saturated heterocycles. The van der Waals surface area contributed by atoms with Gasteiger partial charge < -0.3 is 20.7 Å². The van der Waals surface area contributed by atoms with E-state index in [0.29, 0.717) is 24.5 Å². The molecular weight excluding hydrogens is 490 g/mol. The molecule has 1 fully saturated rings. The summed E-state index contributed by atoms with van der Waals surface area (Å²) in [5.74, 6) is 1.34. The minimum atomic E-state index is -0.427. The van der Waals surface area contributed by atoms with E-state index in [2.05, 4.69) is 43.3 Å². The van der Waals surface area contributed by atoms with Crippen LogP contribution < -0.4 is 16.0 Å². The van der Waals surface area contributed by atoms with Gasteiger partial charge in [-0.1, -0.05) is 18.2 Å². The number of nitrogens with zero attached hydrogens (tertiary/aromatic N) is 3. The molecule has 0 bridgehead atoms. The van der Waals surface area contributed by atoms with Crippen molar-refractivity contribution >= 4 is 11.6 Å². The summed E-state index contributed by atoms with van der Waals surface area (Å²) in [4.78, 5) is 22.1.